The number of rotatable bonds is 3. The zero-order valence-electron chi connectivity index (χ0n) is 25.1. The van der Waals surface area contributed by atoms with Crippen molar-refractivity contribution in [1.82, 2.24) is 4.57 Å². The van der Waals surface area contributed by atoms with Crippen molar-refractivity contribution in [1.29, 1.82) is 0 Å². The molecule has 3 aromatic heterocycles. The Balaban J connectivity index is 1.18. The van der Waals surface area contributed by atoms with Crippen molar-refractivity contribution in [2.75, 3.05) is 0 Å². The largest absolute Gasteiger partial charge is 0.309 e. The fourth-order valence-corrected chi connectivity index (χ4v) is 9.67. The van der Waals surface area contributed by atoms with Gasteiger partial charge in [0.25, 0.3) is 0 Å². The molecule has 218 valence electrons. The molecular weight excluding hydrogens is 609 g/mol. The highest BCUT2D eigenvalue weighted by Gasteiger charge is 2.18. The highest BCUT2D eigenvalue weighted by Crippen LogP contribution is 2.46. The van der Waals surface area contributed by atoms with Crippen molar-refractivity contribution >= 4 is 90.5 Å². The van der Waals surface area contributed by atoms with Gasteiger partial charge in [0.15, 0.2) is 5.69 Å². The maximum Gasteiger partial charge on any atom is 0.187 e. The van der Waals surface area contributed by atoms with E-state index in [1.54, 1.807) is 0 Å². The minimum atomic E-state index is 0.666. The number of hydrogen-bond donors (Lipinski definition) is 0. The summed E-state index contributed by atoms with van der Waals surface area (Å²) in [6.45, 7) is 7.30. The molecule has 0 radical (unpaired) electrons. The Morgan fingerprint density at radius 3 is 1.85 bits per heavy atom. The number of aromatic nitrogens is 1. The molecule has 2 nitrogen and oxygen atoms in total. The summed E-state index contributed by atoms with van der Waals surface area (Å²) in [5, 5.41) is 7.79. The maximum absolute atomic E-state index is 7.30. The van der Waals surface area contributed by atoms with Crippen LogP contribution < -0.4 is 0 Å². The summed E-state index contributed by atoms with van der Waals surface area (Å²) in [5.41, 5.74) is 9.04. The van der Waals surface area contributed by atoms with Crippen molar-refractivity contribution in [3.63, 3.8) is 0 Å². The zero-order valence-corrected chi connectivity index (χ0v) is 26.7. The highest BCUT2D eigenvalue weighted by molar-refractivity contribution is 7.29. The molecule has 7 aromatic carbocycles. The van der Waals surface area contributed by atoms with Gasteiger partial charge in [-0.05, 0) is 65.2 Å². The van der Waals surface area contributed by atoms with E-state index in [2.05, 4.69) is 131 Å². The lowest BCUT2D eigenvalue weighted by Gasteiger charge is -2.14. The van der Waals surface area contributed by atoms with E-state index in [1.807, 2.05) is 46.9 Å². The van der Waals surface area contributed by atoms with Crippen LogP contribution in [0.4, 0.5) is 5.69 Å². The molecule has 0 bridgehead atoms. The normalized spacial score (nSPS) is 11.8. The van der Waals surface area contributed by atoms with E-state index in [0.717, 1.165) is 5.56 Å². The van der Waals surface area contributed by atoms with E-state index >= 15 is 0 Å². The topological polar surface area (TPSA) is 9.29 Å². The molecule has 0 amide bonds. The molecule has 0 atom stereocenters. The second kappa shape index (κ2) is 10.1. The van der Waals surface area contributed by atoms with Gasteiger partial charge in [0.2, 0.25) is 0 Å². The van der Waals surface area contributed by atoms with E-state index in [-0.39, 0.29) is 0 Å². The molecular formula is C43H24N2S2. The smallest absolute Gasteiger partial charge is 0.187 e. The summed E-state index contributed by atoms with van der Waals surface area (Å²) < 4.78 is 7.69. The summed E-state index contributed by atoms with van der Waals surface area (Å²) >= 11 is 3.77. The van der Waals surface area contributed by atoms with Gasteiger partial charge in [-0.2, -0.15) is 0 Å². The SMILES string of the molecule is [C-]#[N+]c1ccc(-c2ccc3sc4c(ccc5sc6ccc(-c7ccccc7-n7c8ccccc8c8ccccc87)cc6c54)c3c2)cc1. The molecule has 10 aromatic rings. The van der Waals surface area contributed by atoms with E-state index in [1.165, 1.54) is 84.5 Å². The molecule has 0 aliphatic rings. The van der Waals surface area contributed by atoms with Crippen molar-refractivity contribution in [2.24, 2.45) is 0 Å². The van der Waals surface area contributed by atoms with Crippen LogP contribution in [0.15, 0.2) is 146 Å². The van der Waals surface area contributed by atoms with E-state index in [0.29, 0.717) is 5.69 Å². The van der Waals surface area contributed by atoms with Gasteiger partial charge in [0, 0.05) is 56.7 Å². The standard InChI is InChI=1S/C43H24N2S2/c1-44-29-18-14-26(15-19-29)27-16-21-39-34(24-27)33-20-23-41-42(43(33)47-39)35-25-28(17-22-40(35)46-41)30-8-2-5-11-36(30)45-37-12-6-3-9-31(37)32-10-4-7-13-38(32)45/h2-25H. The Bertz CT molecular complexity index is 2860. The zero-order chi connectivity index (χ0) is 31.1. The average molecular weight is 633 g/mol. The van der Waals surface area contributed by atoms with Crippen molar-refractivity contribution < 1.29 is 0 Å². The molecule has 0 aliphatic heterocycles. The molecule has 0 N–H and O–H groups in total. The number of hydrogen-bond acceptors (Lipinski definition) is 2. The van der Waals surface area contributed by atoms with Crippen LogP contribution in [0, 0.1) is 6.57 Å². The van der Waals surface area contributed by atoms with Gasteiger partial charge < -0.3 is 4.57 Å². The third-order valence-electron chi connectivity index (χ3n) is 9.44. The highest BCUT2D eigenvalue weighted by atomic mass is 32.1. The number of benzene rings is 7. The number of fused-ring (bicyclic) bond motifs is 10. The van der Waals surface area contributed by atoms with Gasteiger partial charge in [0.05, 0.1) is 23.3 Å². The van der Waals surface area contributed by atoms with E-state index in [4.69, 9.17) is 6.57 Å². The van der Waals surface area contributed by atoms with E-state index in [9.17, 15) is 0 Å². The van der Waals surface area contributed by atoms with E-state index < -0.39 is 0 Å². The predicted octanol–water partition coefficient (Wildman–Crippen LogP) is 13.4. The molecule has 10 rings (SSSR count). The van der Waals surface area contributed by atoms with Crippen LogP contribution >= 0.6 is 22.7 Å². The molecule has 0 unspecified atom stereocenters. The fourth-order valence-electron chi connectivity index (χ4n) is 7.27. The molecule has 4 heteroatoms. The first-order valence-corrected chi connectivity index (χ1v) is 17.3. The lowest BCUT2D eigenvalue weighted by Crippen LogP contribution is -1.96. The lowest BCUT2D eigenvalue weighted by molar-refractivity contribution is 1.18. The van der Waals surface area contributed by atoms with Gasteiger partial charge in [-0.3, -0.25) is 0 Å². The van der Waals surface area contributed by atoms with Gasteiger partial charge in [-0.15, -0.1) is 22.7 Å². The van der Waals surface area contributed by atoms with Gasteiger partial charge >= 0.3 is 0 Å². The van der Waals surface area contributed by atoms with Gasteiger partial charge in [0.1, 0.15) is 0 Å². The summed E-state index contributed by atoms with van der Waals surface area (Å²) in [6.07, 6.45) is 0. The van der Waals surface area contributed by atoms with Crippen molar-refractivity contribution in [3.8, 4) is 27.9 Å². The van der Waals surface area contributed by atoms with Crippen LogP contribution in [0.25, 0.3) is 94.9 Å². The Morgan fingerprint density at radius 2 is 1.09 bits per heavy atom. The van der Waals surface area contributed by atoms with Crippen LogP contribution in [-0.2, 0) is 0 Å². The first-order chi connectivity index (χ1) is 23.2. The molecule has 3 heterocycles. The molecule has 0 saturated carbocycles. The molecule has 0 spiro atoms. The third kappa shape index (κ3) is 3.95. The summed E-state index contributed by atoms with van der Waals surface area (Å²) in [5.74, 6) is 0. The fraction of sp³-hybridized carbons (Fsp3) is 0. The number of para-hydroxylation sites is 3. The Kier molecular flexibility index (Phi) is 5.71. The Hall–Kier alpha value is -5.73. The van der Waals surface area contributed by atoms with Crippen molar-refractivity contribution in [2.45, 2.75) is 0 Å². The minimum Gasteiger partial charge on any atom is -0.309 e. The first-order valence-electron chi connectivity index (χ1n) is 15.6. The van der Waals surface area contributed by atoms with Crippen LogP contribution in [0.5, 0.6) is 0 Å². The quantitative estimate of drug-likeness (QED) is 0.171. The van der Waals surface area contributed by atoms with Crippen LogP contribution in [0.1, 0.15) is 0 Å². The summed E-state index contributed by atoms with van der Waals surface area (Å²) in [4.78, 5) is 3.56. The summed E-state index contributed by atoms with van der Waals surface area (Å²) in [7, 11) is 0. The average Bonchev–Trinajstić information content (AvgIpc) is 3.80. The maximum atomic E-state index is 7.30. The second-order valence-electron chi connectivity index (χ2n) is 12.0. The Labute approximate surface area is 278 Å². The molecule has 0 aliphatic carbocycles. The first kappa shape index (κ1) is 26.5. The molecule has 0 fully saturated rings. The monoisotopic (exact) mass is 632 g/mol. The van der Waals surface area contributed by atoms with Crippen molar-refractivity contribution in [3.05, 3.63) is 157 Å². The predicted molar refractivity (Wildman–Crippen MR) is 204 cm³/mol. The third-order valence-corrected chi connectivity index (χ3v) is 11.8. The lowest BCUT2D eigenvalue weighted by atomic mass is 9.99. The van der Waals surface area contributed by atoms with Crippen LogP contribution in [0.2, 0.25) is 0 Å². The van der Waals surface area contributed by atoms with Gasteiger partial charge in [-0.1, -0.05) is 97.1 Å². The Morgan fingerprint density at radius 1 is 0.468 bits per heavy atom. The minimum absolute atomic E-state index is 0.666. The molecule has 0 saturated heterocycles. The van der Waals surface area contributed by atoms with Crippen LogP contribution in [-0.4, -0.2) is 4.57 Å². The molecule has 47 heavy (non-hydrogen) atoms. The second-order valence-corrected chi connectivity index (χ2v) is 14.1. The van der Waals surface area contributed by atoms with Gasteiger partial charge in [-0.25, -0.2) is 4.85 Å². The number of nitrogens with zero attached hydrogens (tertiary/aromatic N) is 2. The van der Waals surface area contributed by atoms with Crippen LogP contribution in [0.3, 0.4) is 0 Å². The summed E-state index contributed by atoms with van der Waals surface area (Å²) in [6, 6.07) is 52.5. The number of thiophene rings is 2.